The highest BCUT2D eigenvalue weighted by Gasteiger charge is 2.13. The lowest BCUT2D eigenvalue weighted by Crippen LogP contribution is -2.24. The topological polar surface area (TPSA) is 40.5 Å². The van der Waals surface area contributed by atoms with Crippen molar-refractivity contribution in [2.24, 2.45) is 0 Å². The molecule has 0 radical (unpaired) electrons. The Kier molecular flexibility index (Phi) is 2.90. The van der Waals surface area contributed by atoms with E-state index in [4.69, 9.17) is 5.11 Å². The zero-order valence-corrected chi connectivity index (χ0v) is 6.03. The molecule has 2 nitrogen and oxygen atoms in total. The fourth-order valence-corrected chi connectivity index (χ4v) is 1.15. The van der Waals surface area contributed by atoms with E-state index in [1.165, 1.54) is 0 Å². The van der Waals surface area contributed by atoms with Crippen LogP contribution < -0.4 is 0 Å². The second-order valence-electron chi connectivity index (χ2n) is 2.77. The molecule has 0 saturated carbocycles. The van der Waals surface area contributed by atoms with Crippen LogP contribution in [-0.4, -0.2) is 22.4 Å². The van der Waals surface area contributed by atoms with Crippen LogP contribution in [0.1, 0.15) is 25.7 Å². The second-order valence-corrected chi connectivity index (χ2v) is 2.77. The standard InChI is InChI=1S/C8H14O2/c9-7-5-3-1-2-4-6-8(7)10/h3,5,7-10H,1-2,4,6H2/t7-,8-/m0/s1. The molecule has 1 aliphatic rings. The summed E-state index contributed by atoms with van der Waals surface area (Å²) in [5, 5.41) is 18.3. The number of rotatable bonds is 0. The van der Waals surface area contributed by atoms with Gasteiger partial charge in [-0.1, -0.05) is 18.6 Å². The largest absolute Gasteiger partial charge is 0.390 e. The van der Waals surface area contributed by atoms with E-state index in [1.54, 1.807) is 6.08 Å². The van der Waals surface area contributed by atoms with Gasteiger partial charge in [-0.2, -0.15) is 0 Å². The fourth-order valence-electron chi connectivity index (χ4n) is 1.15. The maximum Gasteiger partial charge on any atom is 0.0979 e. The number of hydrogen-bond acceptors (Lipinski definition) is 2. The Bertz CT molecular complexity index is 120. The molecule has 0 spiro atoms. The minimum atomic E-state index is -0.639. The number of aliphatic hydroxyl groups excluding tert-OH is 2. The van der Waals surface area contributed by atoms with Crippen LogP contribution in [0, 0.1) is 0 Å². The van der Waals surface area contributed by atoms with E-state index < -0.39 is 12.2 Å². The van der Waals surface area contributed by atoms with Crippen molar-refractivity contribution >= 4 is 0 Å². The molecule has 0 saturated heterocycles. The summed E-state index contributed by atoms with van der Waals surface area (Å²) in [5.41, 5.74) is 0. The molecule has 10 heavy (non-hydrogen) atoms. The van der Waals surface area contributed by atoms with Gasteiger partial charge in [0.05, 0.1) is 12.2 Å². The average Bonchev–Trinajstić information content (AvgIpc) is 1.92. The van der Waals surface area contributed by atoms with Gasteiger partial charge >= 0.3 is 0 Å². The van der Waals surface area contributed by atoms with Crippen LogP contribution >= 0.6 is 0 Å². The summed E-state index contributed by atoms with van der Waals surface area (Å²) < 4.78 is 0. The quantitative estimate of drug-likeness (QED) is 0.492. The Morgan fingerprint density at radius 3 is 2.80 bits per heavy atom. The van der Waals surface area contributed by atoms with Crippen molar-refractivity contribution in [1.82, 2.24) is 0 Å². The average molecular weight is 142 g/mol. The molecule has 1 aliphatic carbocycles. The Labute approximate surface area is 61.2 Å². The highest BCUT2D eigenvalue weighted by molar-refractivity contribution is 4.93. The van der Waals surface area contributed by atoms with Crippen molar-refractivity contribution in [3.8, 4) is 0 Å². The molecule has 58 valence electrons. The monoisotopic (exact) mass is 142 g/mol. The highest BCUT2D eigenvalue weighted by atomic mass is 16.3. The van der Waals surface area contributed by atoms with Crippen LogP contribution in [0.5, 0.6) is 0 Å². The maximum atomic E-state index is 9.18. The van der Waals surface area contributed by atoms with Crippen LogP contribution in [0.15, 0.2) is 12.2 Å². The predicted octanol–water partition coefficient (Wildman–Crippen LogP) is 0.838. The molecule has 2 N–H and O–H groups in total. The number of hydrogen-bond donors (Lipinski definition) is 2. The van der Waals surface area contributed by atoms with Gasteiger partial charge in [-0.3, -0.25) is 0 Å². The first-order valence-corrected chi connectivity index (χ1v) is 3.83. The first kappa shape index (κ1) is 7.76. The smallest absolute Gasteiger partial charge is 0.0979 e. The van der Waals surface area contributed by atoms with E-state index in [0.717, 1.165) is 25.7 Å². The van der Waals surface area contributed by atoms with Crippen molar-refractivity contribution in [2.45, 2.75) is 37.9 Å². The summed E-state index contributed by atoms with van der Waals surface area (Å²) >= 11 is 0. The maximum absolute atomic E-state index is 9.18. The third-order valence-electron chi connectivity index (χ3n) is 1.85. The Morgan fingerprint density at radius 2 is 2.00 bits per heavy atom. The van der Waals surface area contributed by atoms with E-state index in [9.17, 15) is 5.11 Å². The molecule has 0 aromatic rings. The Balaban J connectivity index is 2.44. The van der Waals surface area contributed by atoms with Gasteiger partial charge in [-0.05, 0) is 19.3 Å². The van der Waals surface area contributed by atoms with Crippen molar-refractivity contribution in [2.75, 3.05) is 0 Å². The SMILES string of the molecule is O[C@H]1C=CCCCC[C@@H]1O. The first-order chi connectivity index (χ1) is 4.80. The lowest BCUT2D eigenvalue weighted by molar-refractivity contribution is 0.0402. The van der Waals surface area contributed by atoms with Crippen molar-refractivity contribution in [3.05, 3.63) is 12.2 Å². The molecule has 2 heteroatoms. The van der Waals surface area contributed by atoms with Crippen LogP contribution in [0.3, 0.4) is 0 Å². The predicted molar refractivity (Wildman–Crippen MR) is 39.6 cm³/mol. The Hall–Kier alpha value is -0.340. The molecule has 0 aromatic carbocycles. The minimum absolute atomic E-state index is 0.545. The van der Waals surface area contributed by atoms with Gasteiger partial charge in [-0.15, -0.1) is 0 Å². The summed E-state index contributed by atoms with van der Waals surface area (Å²) in [6.45, 7) is 0. The molecule has 0 heterocycles. The Morgan fingerprint density at radius 1 is 1.20 bits per heavy atom. The van der Waals surface area contributed by atoms with Gasteiger partial charge < -0.3 is 10.2 Å². The molecule has 0 fully saturated rings. The molecular weight excluding hydrogens is 128 g/mol. The third kappa shape index (κ3) is 2.12. The minimum Gasteiger partial charge on any atom is -0.390 e. The van der Waals surface area contributed by atoms with Gasteiger partial charge in [0, 0.05) is 0 Å². The number of allylic oxidation sites excluding steroid dienone is 1. The second kappa shape index (κ2) is 3.74. The number of aliphatic hydroxyl groups is 2. The molecule has 0 unspecified atom stereocenters. The van der Waals surface area contributed by atoms with Crippen LogP contribution in [0.2, 0.25) is 0 Å². The van der Waals surface area contributed by atoms with Crippen molar-refractivity contribution < 1.29 is 10.2 Å². The summed E-state index contributed by atoms with van der Waals surface area (Å²) in [6, 6.07) is 0. The van der Waals surface area contributed by atoms with Crippen LogP contribution in [0.4, 0.5) is 0 Å². The summed E-state index contributed by atoms with van der Waals surface area (Å²) in [5.74, 6) is 0. The molecular formula is C8H14O2. The van der Waals surface area contributed by atoms with Crippen molar-refractivity contribution in [3.63, 3.8) is 0 Å². The lowest BCUT2D eigenvalue weighted by atomic mass is 10.0. The van der Waals surface area contributed by atoms with Gasteiger partial charge in [0.1, 0.15) is 0 Å². The molecule has 1 rings (SSSR count). The molecule has 0 aliphatic heterocycles. The van der Waals surface area contributed by atoms with Crippen LogP contribution in [-0.2, 0) is 0 Å². The van der Waals surface area contributed by atoms with E-state index in [-0.39, 0.29) is 0 Å². The van der Waals surface area contributed by atoms with Gasteiger partial charge in [-0.25, -0.2) is 0 Å². The molecule has 0 bridgehead atoms. The van der Waals surface area contributed by atoms with Crippen molar-refractivity contribution in [1.29, 1.82) is 0 Å². The van der Waals surface area contributed by atoms with E-state index >= 15 is 0 Å². The van der Waals surface area contributed by atoms with Gasteiger partial charge in [0.15, 0.2) is 0 Å². The molecule has 2 atom stereocenters. The summed E-state index contributed by atoms with van der Waals surface area (Å²) in [6.07, 6.45) is 6.34. The zero-order valence-electron chi connectivity index (χ0n) is 6.03. The van der Waals surface area contributed by atoms with Crippen LogP contribution in [0.25, 0.3) is 0 Å². The summed E-state index contributed by atoms with van der Waals surface area (Å²) in [4.78, 5) is 0. The van der Waals surface area contributed by atoms with E-state index in [2.05, 4.69) is 0 Å². The van der Waals surface area contributed by atoms with Gasteiger partial charge in [0.2, 0.25) is 0 Å². The molecule has 0 amide bonds. The van der Waals surface area contributed by atoms with E-state index in [0.29, 0.717) is 0 Å². The normalized spacial score (nSPS) is 35.0. The first-order valence-electron chi connectivity index (χ1n) is 3.83. The molecule has 0 aromatic heterocycles. The highest BCUT2D eigenvalue weighted by Crippen LogP contribution is 2.11. The van der Waals surface area contributed by atoms with Gasteiger partial charge in [0.25, 0.3) is 0 Å². The summed E-state index contributed by atoms with van der Waals surface area (Å²) in [7, 11) is 0. The third-order valence-corrected chi connectivity index (χ3v) is 1.85. The fraction of sp³-hybridized carbons (Fsp3) is 0.750. The van der Waals surface area contributed by atoms with E-state index in [1.807, 2.05) is 6.08 Å². The zero-order chi connectivity index (χ0) is 7.40. The lowest BCUT2D eigenvalue weighted by Gasteiger charge is -2.15.